The average molecular weight is 384 g/mol. The molecule has 0 bridgehead atoms. The fourth-order valence-electron chi connectivity index (χ4n) is 3.75. The van der Waals surface area contributed by atoms with E-state index >= 15 is 0 Å². The molecule has 1 aromatic rings. The molecule has 1 fully saturated rings. The molecule has 1 aromatic carbocycles. The van der Waals surface area contributed by atoms with Gasteiger partial charge in [-0.3, -0.25) is 24.1 Å². The Morgan fingerprint density at radius 3 is 2.18 bits per heavy atom. The lowest BCUT2D eigenvalue weighted by atomic mass is 9.85. The summed E-state index contributed by atoms with van der Waals surface area (Å²) in [4.78, 5) is 49.7. The van der Waals surface area contributed by atoms with Gasteiger partial charge in [-0.1, -0.05) is 18.2 Å². The topological polar surface area (TPSA) is 92.8 Å². The van der Waals surface area contributed by atoms with Gasteiger partial charge in [0, 0.05) is 12.2 Å². The summed E-state index contributed by atoms with van der Waals surface area (Å²) in [6.45, 7) is 3.43. The second-order valence-corrected chi connectivity index (χ2v) is 7.32. The lowest BCUT2D eigenvalue weighted by Crippen LogP contribution is -2.33. The fourth-order valence-corrected chi connectivity index (χ4v) is 3.75. The van der Waals surface area contributed by atoms with Crippen LogP contribution in [0.5, 0.6) is 0 Å². The van der Waals surface area contributed by atoms with E-state index in [0.717, 1.165) is 16.0 Å². The van der Waals surface area contributed by atoms with Gasteiger partial charge in [0.15, 0.2) is 6.61 Å². The molecule has 1 aliphatic carbocycles. The van der Waals surface area contributed by atoms with E-state index in [-0.39, 0.29) is 36.6 Å². The van der Waals surface area contributed by atoms with Gasteiger partial charge in [-0.15, -0.1) is 0 Å². The number of nitrogens with one attached hydrogen (secondary N) is 1. The lowest BCUT2D eigenvalue weighted by Gasteiger charge is -2.14. The molecule has 7 heteroatoms. The summed E-state index contributed by atoms with van der Waals surface area (Å²) in [6, 6.07) is 5.64. The van der Waals surface area contributed by atoms with Crippen LogP contribution in [0.1, 0.15) is 30.4 Å². The third-order valence-corrected chi connectivity index (χ3v) is 5.01. The van der Waals surface area contributed by atoms with Crippen LogP contribution in [0.15, 0.2) is 30.4 Å². The number of hydrogen-bond donors (Lipinski definition) is 1. The predicted molar refractivity (Wildman–Crippen MR) is 102 cm³/mol. The van der Waals surface area contributed by atoms with E-state index in [0.29, 0.717) is 18.5 Å². The minimum Gasteiger partial charge on any atom is -0.456 e. The van der Waals surface area contributed by atoms with Crippen molar-refractivity contribution in [2.45, 2.75) is 33.1 Å². The average Bonchev–Trinajstić information content (AvgIpc) is 2.88. The molecule has 0 aromatic heterocycles. The summed E-state index contributed by atoms with van der Waals surface area (Å²) in [6.07, 6.45) is 4.83. The van der Waals surface area contributed by atoms with Crippen molar-refractivity contribution < 1.29 is 23.9 Å². The molecule has 1 saturated heterocycles. The summed E-state index contributed by atoms with van der Waals surface area (Å²) in [5, 5.41) is 2.68. The molecule has 0 radical (unpaired) electrons. The number of amides is 3. The molecule has 3 amide bonds. The van der Waals surface area contributed by atoms with Gasteiger partial charge in [0.25, 0.3) is 5.91 Å². The summed E-state index contributed by atoms with van der Waals surface area (Å²) in [5.41, 5.74) is 2.68. The zero-order valence-corrected chi connectivity index (χ0v) is 16.1. The van der Waals surface area contributed by atoms with Crippen molar-refractivity contribution in [2.24, 2.45) is 11.8 Å². The van der Waals surface area contributed by atoms with Crippen molar-refractivity contribution in [3.8, 4) is 0 Å². The molecule has 0 spiro atoms. The summed E-state index contributed by atoms with van der Waals surface area (Å²) in [7, 11) is 0. The highest BCUT2D eigenvalue weighted by Crippen LogP contribution is 2.34. The highest BCUT2D eigenvalue weighted by Gasteiger charge is 2.46. The quantitative estimate of drug-likeness (QED) is 0.461. The first-order valence-electron chi connectivity index (χ1n) is 9.39. The first-order valence-corrected chi connectivity index (χ1v) is 9.39. The maximum Gasteiger partial charge on any atom is 0.308 e. The second kappa shape index (κ2) is 8.37. The Labute approximate surface area is 163 Å². The molecular formula is C21H24N2O5. The van der Waals surface area contributed by atoms with Crippen LogP contribution in [0, 0.1) is 25.7 Å². The zero-order chi connectivity index (χ0) is 20.3. The van der Waals surface area contributed by atoms with Crippen molar-refractivity contribution in [3.05, 3.63) is 41.5 Å². The summed E-state index contributed by atoms with van der Waals surface area (Å²) in [5.74, 6) is -2.12. The van der Waals surface area contributed by atoms with Gasteiger partial charge in [0.05, 0.1) is 18.3 Å². The van der Waals surface area contributed by atoms with Crippen LogP contribution in [0.3, 0.4) is 0 Å². The van der Waals surface area contributed by atoms with Gasteiger partial charge in [-0.25, -0.2) is 0 Å². The number of imide groups is 1. The molecule has 1 heterocycles. The van der Waals surface area contributed by atoms with E-state index in [2.05, 4.69) is 5.32 Å². The molecule has 28 heavy (non-hydrogen) atoms. The van der Waals surface area contributed by atoms with Crippen LogP contribution in [0.25, 0.3) is 0 Å². The Balaban J connectivity index is 1.44. The molecule has 1 aliphatic heterocycles. The fraction of sp³-hybridized carbons (Fsp3) is 0.429. The number of carbonyl (C=O) groups excluding carboxylic acids is 4. The van der Waals surface area contributed by atoms with E-state index in [1.807, 2.05) is 44.2 Å². The number of allylic oxidation sites excluding steroid dienone is 2. The van der Waals surface area contributed by atoms with Gasteiger partial charge >= 0.3 is 5.97 Å². The molecule has 1 N–H and O–H groups in total. The third kappa shape index (κ3) is 4.47. The van der Waals surface area contributed by atoms with Crippen molar-refractivity contribution in [1.82, 2.24) is 4.90 Å². The molecule has 2 aliphatic rings. The second-order valence-electron chi connectivity index (χ2n) is 7.32. The Morgan fingerprint density at radius 2 is 1.61 bits per heavy atom. The normalized spacial score (nSPS) is 20.9. The number of ether oxygens (including phenoxy) is 1. The number of anilines is 1. The molecular weight excluding hydrogens is 360 g/mol. The number of nitrogens with zero attached hydrogens (tertiary/aromatic N) is 1. The van der Waals surface area contributed by atoms with Crippen LogP contribution < -0.4 is 5.32 Å². The summed E-state index contributed by atoms with van der Waals surface area (Å²) >= 11 is 0. The van der Waals surface area contributed by atoms with E-state index < -0.39 is 18.5 Å². The number of likely N-dealkylation sites (tertiary alicyclic amines) is 1. The van der Waals surface area contributed by atoms with Crippen LogP contribution in [0.4, 0.5) is 5.69 Å². The van der Waals surface area contributed by atoms with Crippen LogP contribution in [-0.4, -0.2) is 41.7 Å². The minimum atomic E-state index is -0.621. The maximum atomic E-state index is 12.3. The highest BCUT2D eigenvalue weighted by atomic mass is 16.5. The number of aryl methyl sites for hydroxylation is 2. The van der Waals surface area contributed by atoms with Gasteiger partial charge < -0.3 is 10.1 Å². The largest absolute Gasteiger partial charge is 0.456 e. The van der Waals surface area contributed by atoms with Gasteiger partial charge in [-0.2, -0.15) is 0 Å². The van der Waals surface area contributed by atoms with E-state index in [9.17, 15) is 19.2 Å². The molecule has 2 atom stereocenters. The van der Waals surface area contributed by atoms with Crippen molar-refractivity contribution in [2.75, 3.05) is 18.5 Å². The van der Waals surface area contributed by atoms with Crippen LogP contribution in [0.2, 0.25) is 0 Å². The number of rotatable bonds is 6. The zero-order valence-electron chi connectivity index (χ0n) is 16.1. The standard InChI is InChI=1S/C21H24N2O5/c1-13-9-14(2)11-15(10-13)22-18(24)12-28-19(25)7-8-23-20(26)16-5-3-4-6-17(16)21(23)27/h3-4,9-11,16-17H,5-8,12H2,1-2H3,(H,22,24)/t16-,17-/m0/s1. The molecule has 0 unspecified atom stereocenters. The summed E-state index contributed by atoms with van der Waals surface area (Å²) < 4.78 is 4.97. The number of carbonyl (C=O) groups is 4. The van der Waals surface area contributed by atoms with Crippen LogP contribution in [-0.2, 0) is 23.9 Å². The van der Waals surface area contributed by atoms with Crippen molar-refractivity contribution >= 4 is 29.4 Å². The molecule has 7 nitrogen and oxygen atoms in total. The Bertz CT molecular complexity index is 799. The number of esters is 1. The van der Waals surface area contributed by atoms with E-state index in [4.69, 9.17) is 4.74 Å². The molecule has 148 valence electrons. The highest BCUT2D eigenvalue weighted by molar-refractivity contribution is 6.05. The van der Waals surface area contributed by atoms with E-state index in [1.54, 1.807) is 0 Å². The van der Waals surface area contributed by atoms with Crippen LogP contribution >= 0.6 is 0 Å². The minimum absolute atomic E-state index is 0.0117. The Kier molecular flexibility index (Phi) is 5.92. The SMILES string of the molecule is Cc1cc(C)cc(NC(=O)COC(=O)CCN2C(=O)[C@H]3CC=CC[C@@H]3C2=O)c1. The van der Waals surface area contributed by atoms with E-state index in [1.165, 1.54) is 0 Å². The number of hydrogen-bond acceptors (Lipinski definition) is 5. The first kappa shape index (κ1) is 19.8. The smallest absolute Gasteiger partial charge is 0.308 e. The predicted octanol–water partition coefficient (Wildman–Crippen LogP) is 2.13. The first-order chi connectivity index (χ1) is 13.3. The van der Waals surface area contributed by atoms with Gasteiger partial charge in [0.2, 0.25) is 11.8 Å². The molecule has 0 saturated carbocycles. The maximum absolute atomic E-state index is 12.3. The Morgan fingerprint density at radius 1 is 1.04 bits per heavy atom. The van der Waals surface area contributed by atoms with Gasteiger partial charge in [0.1, 0.15) is 0 Å². The van der Waals surface area contributed by atoms with Crippen molar-refractivity contribution in [1.29, 1.82) is 0 Å². The number of benzene rings is 1. The third-order valence-electron chi connectivity index (χ3n) is 5.01. The Hall–Kier alpha value is -2.96. The van der Waals surface area contributed by atoms with Crippen molar-refractivity contribution in [3.63, 3.8) is 0 Å². The molecule has 3 rings (SSSR count). The van der Waals surface area contributed by atoms with Gasteiger partial charge in [-0.05, 0) is 49.9 Å². The number of fused-ring (bicyclic) bond motifs is 1. The monoisotopic (exact) mass is 384 g/mol. The lowest BCUT2D eigenvalue weighted by molar-refractivity contribution is -0.148.